The van der Waals surface area contributed by atoms with Gasteiger partial charge in [0.15, 0.2) is 0 Å². The average Bonchev–Trinajstić information content (AvgIpc) is 2.77. The summed E-state index contributed by atoms with van der Waals surface area (Å²) in [4.78, 5) is 6.94. The summed E-state index contributed by atoms with van der Waals surface area (Å²) in [5, 5.41) is 3.39. The molecule has 0 aromatic carbocycles. The summed E-state index contributed by atoms with van der Waals surface area (Å²) in [5.74, 6) is 1.94. The summed E-state index contributed by atoms with van der Waals surface area (Å²) >= 11 is 0. The summed E-state index contributed by atoms with van der Waals surface area (Å²) in [6, 6.07) is 4.34. The molecule has 0 saturated carbocycles. The van der Waals surface area contributed by atoms with Gasteiger partial charge in [-0.3, -0.25) is 0 Å². The molecular formula is C14H23N3. The Kier molecular flexibility index (Phi) is 4.37. The van der Waals surface area contributed by atoms with E-state index in [4.69, 9.17) is 0 Å². The van der Waals surface area contributed by atoms with E-state index in [9.17, 15) is 0 Å². The van der Waals surface area contributed by atoms with Crippen LogP contribution in [0, 0.1) is 5.92 Å². The highest BCUT2D eigenvalue weighted by Crippen LogP contribution is 2.21. The largest absolute Gasteiger partial charge is 0.356 e. The first kappa shape index (κ1) is 12.4. The molecule has 2 rings (SSSR count). The summed E-state index contributed by atoms with van der Waals surface area (Å²) in [6.07, 6.45) is 4.47. The predicted molar refractivity (Wildman–Crippen MR) is 72.2 cm³/mol. The van der Waals surface area contributed by atoms with Crippen molar-refractivity contribution < 1.29 is 0 Å². The van der Waals surface area contributed by atoms with Gasteiger partial charge in [0.2, 0.25) is 0 Å². The number of hydrogen-bond donors (Lipinski definition) is 1. The van der Waals surface area contributed by atoms with E-state index in [1.54, 1.807) is 0 Å². The lowest BCUT2D eigenvalue weighted by Crippen LogP contribution is -2.20. The first-order valence-corrected chi connectivity index (χ1v) is 6.70. The Bertz CT molecular complexity index is 334. The zero-order valence-corrected chi connectivity index (χ0v) is 10.9. The van der Waals surface area contributed by atoms with Gasteiger partial charge in [-0.1, -0.05) is 19.9 Å². The minimum atomic E-state index is 0.808. The molecule has 1 unspecified atom stereocenters. The Morgan fingerprint density at radius 2 is 2.35 bits per heavy atom. The number of rotatable bonds is 5. The molecule has 94 valence electrons. The van der Waals surface area contributed by atoms with Crippen LogP contribution in [0.5, 0.6) is 0 Å². The Morgan fingerprint density at radius 3 is 2.94 bits per heavy atom. The highest BCUT2D eigenvalue weighted by Gasteiger charge is 2.19. The number of pyridine rings is 1. The lowest BCUT2D eigenvalue weighted by Gasteiger charge is -2.17. The highest BCUT2D eigenvalue weighted by atomic mass is 15.2. The molecule has 1 aromatic rings. The van der Waals surface area contributed by atoms with Gasteiger partial charge in [0.05, 0.1) is 0 Å². The van der Waals surface area contributed by atoms with Crippen LogP contribution in [0.2, 0.25) is 0 Å². The van der Waals surface area contributed by atoms with Crippen molar-refractivity contribution in [2.24, 2.45) is 5.92 Å². The van der Waals surface area contributed by atoms with Crippen LogP contribution in [0.1, 0.15) is 32.3 Å². The normalized spacial score (nSPS) is 19.9. The summed E-state index contributed by atoms with van der Waals surface area (Å²) in [5.41, 5.74) is 1.27. The van der Waals surface area contributed by atoms with Crippen LogP contribution in [-0.2, 0) is 6.54 Å². The molecule has 17 heavy (non-hydrogen) atoms. The van der Waals surface area contributed by atoms with Crippen molar-refractivity contribution in [3.63, 3.8) is 0 Å². The zero-order chi connectivity index (χ0) is 12.1. The van der Waals surface area contributed by atoms with Crippen molar-refractivity contribution >= 4 is 5.82 Å². The van der Waals surface area contributed by atoms with Crippen LogP contribution in [0.4, 0.5) is 5.82 Å². The maximum Gasteiger partial charge on any atom is 0.128 e. The minimum absolute atomic E-state index is 0.808. The smallest absolute Gasteiger partial charge is 0.128 e. The van der Waals surface area contributed by atoms with E-state index >= 15 is 0 Å². The first-order valence-electron chi connectivity index (χ1n) is 6.70. The van der Waals surface area contributed by atoms with Crippen molar-refractivity contribution in [1.82, 2.24) is 10.3 Å². The Labute approximate surface area is 104 Å². The number of nitrogens with one attached hydrogen (secondary N) is 1. The fourth-order valence-electron chi connectivity index (χ4n) is 2.26. The molecule has 3 nitrogen and oxygen atoms in total. The van der Waals surface area contributed by atoms with E-state index in [-0.39, 0.29) is 0 Å². The summed E-state index contributed by atoms with van der Waals surface area (Å²) in [6.45, 7) is 8.80. The van der Waals surface area contributed by atoms with E-state index in [1.165, 1.54) is 18.4 Å². The fraction of sp³-hybridized carbons (Fsp3) is 0.643. The third-order valence-electron chi connectivity index (χ3n) is 3.31. The van der Waals surface area contributed by atoms with Gasteiger partial charge in [-0.15, -0.1) is 0 Å². The van der Waals surface area contributed by atoms with Gasteiger partial charge in [-0.25, -0.2) is 4.98 Å². The van der Waals surface area contributed by atoms with Gasteiger partial charge < -0.3 is 10.2 Å². The van der Waals surface area contributed by atoms with Crippen LogP contribution in [0.3, 0.4) is 0 Å². The molecule has 3 heteroatoms. The first-order chi connectivity index (χ1) is 8.29. The Morgan fingerprint density at radius 1 is 1.47 bits per heavy atom. The number of hydrogen-bond acceptors (Lipinski definition) is 3. The summed E-state index contributed by atoms with van der Waals surface area (Å²) in [7, 11) is 0. The maximum absolute atomic E-state index is 4.56. The lowest BCUT2D eigenvalue weighted by molar-refractivity contribution is 0.658. The second kappa shape index (κ2) is 6.01. The highest BCUT2D eigenvalue weighted by molar-refractivity contribution is 5.40. The zero-order valence-electron chi connectivity index (χ0n) is 10.9. The molecule has 2 heterocycles. The molecule has 0 radical (unpaired) electrons. The van der Waals surface area contributed by atoms with Crippen LogP contribution < -0.4 is 10.2 Å². The molecular weight excluding hydrogens is 210 g/mol. The molecule has 1 aromatic heterocycles. The average molecular weight is 233 g/mol. The van der Waals surface area contributed by atoms with Gasteiger partial charge in [0.1, 0.15) is 5.82 Å². The number of nitrogens with zero attached hydrogens (tertiary/aromatic N) is 2. The SMILES string of the molecule is CCCNCc1ccc(N2CCC(C)C2)nc1. The molecule has 0 amide bonds. The quantitative estimate of drug-likeness (QED) is 0.792. The van der Waals surface area contributed by atoms with Gasteiger partial charge in [0.25, 0.3) is 0 Å². The topological polar surface area (TPSA) is 28.2 Å². The Hall–Kier alpha value is -1.09. The van der Waals surface area contributed by atoms with Crippen LogP contribution in [-0.4, -0.2) is 24.6 Å². The molecule has 1 saturated heterocycles. The number of aromatic nitrogens is 1. The van der Waals surface area contributed by atoms with E-state index < -0.39 is 0 Å². The second-order valence-corrected chi connectivity index (χ2v) is 5.04. The third kappa shape index (κ3) is 3.43. The third-order valence-corrected chi connectivity index (χ3v) is 3.31. The monoisotopic (exact) mass is 233 g/mol. The molecule has 0 bridgehead atoms. The summed E-state index contributed by atoms with van der Waals surface area (Å²) < 4.78 is 0. The molecule has 0 spiro atoms. The number of anilines is 1. The molecule has 1 aliphatic heterocycles. The molecule has 1 atom stereocenters. The molecule has 0 aliphatic carbocycles. The van der Waals surface area contributed by atoms with Crippen molar-refractivity contribution in [2.45, 2.75) is 33.2 Å². The standard InChI is InChI=1S/C14H23N3/c1-3-7-15-9-13-4-5-14(16-10-13)17-8-6-12(2)11-17/h4-5,10,12,15H,3,6-9,11H2,1-2H3. The minimum Gasteiger partial charge on any atom is -0.356 e. The van der Waals surface area contributed by atoms with Gasteiger partial charge in [0, 0.05) is 25.8 Å². The van der Waals surface area contributed by atoms with E-state index in [0.29, 0.717) is 0 Å². The van der Waals surface area contributed by atoms with Gasteiger partial charge in [-0.05, 0) is 36.9 Å². The fourth-order valence-corrected chi connectivity index (χ4v) is 2.26. The van der Waals surface area contributed by atoms with E-state index in [1.807, 2.05) is 6.20 Å². The predicted octanol–water partition coefficient (Wildman–Crippen LogP) is 2.43. The molecule has 1 N–H and O–H groups in total. The van der Waals surface area contributed by atoms with Crippen molar-refractivity contribution in [1.29, 1.82) is 0 Å². The second-order valence-electron chi connectivity index (χ2n) is 5.04. The maximum atomic E-state index is 4.56. The van der Waals surface area contributed by atoms with Crippen molar-refractivity contribution in [3.8, 4) is 0 Å². The van der Waals surface area contributed by atoms with Crippen molar-refractivity contribution in [3.05, 3.63) is 23.9 Å². The Balaban J connectivity index is 1.89. The van der Waals surface area contributed by atoms with E-state index in [2.05, 4.69) is 41.2 Å². The van der Waals surface area contributed by atoms with Crippen LogP contribution in [0.25, 0.3) is 0 Å². The molecule has 1 fully saturated rings. The lowest BCUT2D eigenvalue weighted by atomic mass is 10.2. The van der Waals surface area contributed by atoms with E-state index in [0.717, 1.165) is 37.9 Å². The van der Waals surface area contributed by atoms with Crippen LogP contribution in [0.15, 0.2) is 18.3 Å². The molecule has 1 aliphatic rings. The van der Waals surface area contributed by atoms with Crippen molar-refractivity contribution in [2.75, 3.05) is 24.5 Å². The van der Waals surface area contributed by atoms with Gasteiger partial charge >= 0.3 is 0 Å². The van der Waals surface area contributed by atoms with Gasteiger partial charge in [-0.2, -0.15) is 0 Å². The van der Waals surface area contributed by atoms with Crippen LogP contribution >= 0.6 is 0 Å².